The van der Waals surface area contributed by atoms with Gasteiger partial charge < -0.3 is 24.5 Å². The molecule has 0 amide bonds. The molecule has 3 saturated carbocycles. The van der Waals surface area contributed by atoms with Crippen LogP contribution >= 0.6 is 0 Å². The van der Waals surface area contributed by atoms with Gasteiger partial charge >= 0.3 is 29.6 Å². The monoisotopic (exact) mass is 422 g/mol. The van der Waals surface area contributed by atoms with E-state index in [1.165, 1.54) is 5.57 Å². The van der Waals surface area contributed by atoms with Crippen molar-refractivity contribution in [2.45, 2.75) is 76.6 Å². The van der Waals surface area contributed by atoms with E-state index >= 15 is 0 Å². The molecule has 4 fully saturated rings. The van der Waals surface area contributed by atoms with Crippen molar-refractivity contribution in [3.8, 4) is 11.8 Å². The van der Waals surface area contributed by atoms with E-state index < -0.39 is 17.4 Å². The fourth-order valence-electron chi connectivity index (χ4n) is 7.72. The van der Waals surface area contributed by atoms with Gasteiger partial charge in [0.2, 0.25) is 0 Å². The van der Waals surface area contributed by atoms with Gasteiger partial charge in [0.25, 0.3) is 0 Å². The number of allylic oxidation sites excluding steroid dienone is 1. The van der Waals surface area contributed by atoms with E-state index in [9.17, 15) is 15.0 Å². The Morgan fingerprint density at radius 1 is 1.13 bits per heavy atom. The Balaban J connectivity index is 0.00000218. The number of hydrogen-bond acceptors (Lipinski definition) is 5. The average Bonchev–Trinajstić information content (AvgIpc) is 3.24. The van der Waals surface area contributed by atoms with Gasteiger partial charge in [0.15, 0.2) is 5.79 Å². The Hall–Kier alpha value is -0.350. The second kappa shape index (κ2) is 7.61. The van der Waals surface area contributed by atoms with Crippen molar-refractivity contribution in [1.29, 1.82) is 0 Å². The van der Waals surface area contributed by atoms with Crippen LogP contribution in [-0.4, -0.2) is 35.7 Å². The maximum Gasteiger partial charge on any atom is 1.00 e. The summed E-state index contributed by atoms with van der Waals surface area (Å²) in [5.41, 5.74) is 0.0876. The number of carbonyl (C=O) groups is 1. The van der Waals surface area contributed by atoms with Gasteiger partial charge in [-0.3, -0.25) is 0 Å². The van der Waals surface area contributed by atoms with Crippen LogP contribution in [0, 0.1) is 40.4 Å². The Labute approximate surface area is 201 Å². The van der Waals surface area contributed by atoms with E-state index in [1.54, 1.807) is 0 Å². The van der Waals surface area contributed by atoms with E-state index in [2.05, 4.69) is 31.8 Å². The first-order valence-corrected chi connectivity index (χ1v) is 11.2. The van der Waals surface area contributed by atoms with E-state index in [1.807, 2.05) is 0 Å². The second-order valence-electron chi connectivity index (χ2n) is 10.4. The number of carboxylic acid groups (broad SMARTS) is 1. The first-order valence-electron chi connectivity index (χ1n) is 11.2. The van der Waals surface area contributed by atoms with Crippen LogP contribution in [0.5, 0.6) is 0 Å². The smallest absolute Gasteiger partial charge is 0.537 e. The van der Waals surface area contributed by atoms with Crippen LogP contribution in [0.2, 0.25) is 0 Å². The zero-order valence-corrected chi connectivity index (χ0v) is 20.5. The van der Waals surface area contributed by atoms with Gasteiger partial charge in [-0.05, 0) is 67.6 Å². The van der Waals surface area contributed by atoms with Crippen molar-refractivity contribution in [2.75, 3.05) is 13.2 Å². The molecule has 5 nitrogen and oxygen atoms in total. The van der Waals surface area contributed by atoms with Crippen LogP contribution in [0.25, 0.3) is 0 Å². The molecule has 30 heavy (non-hydrogen) atoms. The maximum atomic E-state index is 11.3. The third kappa shape index (κ3) is 3.17. The normalized spacial score (nSPS) is 45.8. The van der Waals surface area contributed by atoms with Gasteiger partial charge in [-0.1, -0.05) is 31.4 Å². The minimum absolute atomic E-state index is 0. The van der Waals surface area contributed by atoms with Gasteiger partial charge in [-0.15, -0.1) is 0 Å². The summed E-state index contributed by atoms with van der Waals surface area (Å²) >= 11 is 0. The molecule has 158 valence electrons. The van der Waals surface area contributed by atoms with Gasteiger partial charge in [0, 0.05) is 18.3 Å². The first-order chi connectivity index (χ1) is 13.7. The molecular weight excluding hydrogens is 391 g/mol. The van der Waals surface area contributed by atoms with Crippen molar-refractivity contribution in [2.24, 2.45) is 28.6 Å². The van der Waals surface area contributed by atoms with Crippen LogP contribution < -0.4 is 34.7 Å². The summed E-state index contributed by atoms with van der Waals surface area (Å²) in [6.07, 6.45) is 9.77. The van der Waals surface area contributed by atoms with Crippen molar-refractivity contribution >= 4 is 5.97 Å². The van der Waals surface area contributed by atoms with Crippen molar-refractivity contribution < 1.29 is 54.0 Å². The van der Waals surface area contributed by atoms with Crippen LogP contribution in [0.3, 0.4) is 0 Å². The summed E-state index contributed by atoms with van der Waals surface area (Å²) in [5.74, 6) is 4.46. The number of aliphatic carboxylic acids is 1. The summed E-state index contributed by atoms with van der Waals surface area (Å²) in [7, 11) is 0. The van der Waals surface area contributed by atoms with Crippen LogP contribution in [0.4, 0.5) is 0 Å². The minimum Gasteiger partial charge on any atom is -0.537 e. The predicted molar refractivity (Wildman–Crippen MR) is 104 cm³/mol. The largest absolute Gasteiger partial charge is 1.00 e. The number of carbonyl (C=O) groups excluding carboxylic acids is 1. The van der Waals surface area contributed by atoms with Gasteiger partial charge in [0.1, 0.15) is 11.6 Å². The van der Waals surface area contributed by atoms with Crippen LogP contribution in [-0.2, 0) is 14.3 Å². The molecule has 0 radical (unpaired) electrons. The molecule has 0 aromatic rings. The molecule has 0 bridgehead atoms. The maximum absolute atomic E-state index is 11.3. The summed E-state index contributed by atoms with van der Waals surface area (Å²) in [6, 6.07) is 0. The molecule has 5 aliphatic rings. The summed E-state index contributed by atoms with van der Waals surface area (Å²) in [4.78, 5) is 10.9. The van der Waals surface area contributed by atoms with Gasteiger partial charge in [0.05, 0.1) is 13.2 Å². The molecule has 6 atom stereocenters. The van der Waals surface area contributed by atoms with Gasteiger partial charge in [-0.25, -0.2) is 0 Å². The summed E-state index contributed by atoms with van der Waals surface area (Å²) in [5, 5.41) is 22.2. The zero-order valence-electron chi connectivity index (χ0n) is 18.5. The molecular formula is C24H31NaO5. The standard InChI is InChI=1S/C24H32O5.Na/c1-21-11-12-24(28-13-14-29-24)15-16(21)3-4-17-18(21)5-8-22(2)19(17)6-9-23(22,27)10-7-20(25)26;/h3,17-19,27H,4-6,8-9,11-15H2,1-2H3,(H,25,26);/q;+1/p-1/t17?,18?,19?,21-,22-,23+;/m0./s1. The van der Waals surface area contributed by atoms with Crippen molar-refractivity contribution in [3.05, 3.63) is 11.6 Å². The Kier molecular flexibility index (Phi) is 5.79. The average molecular weight is 422 g/mol. The molecule has 1 spiro atoms. The molecule has 3 unspecified atom stereocenters. The van der Waals surface area contributed by atoms with E-state index in [-0.39, 0.29) is 40.4 Å². The summed E-state index contributed by atoms with van der Waals surface area (Å²) < 4.78 is 12.0. The zero-order chi connectivity index (χ0) is 20.5. The molecule has 1 N–H and O–H groups in total. The van der Waals surface area contributed by atoms with E-state index in [0.29, 0.717) is 37.4 Å². The molecule has 1 aliphatic heterocycles. The molecule has 0 aromatic heterocycles. The predicted octanol–water partition coefficient (Wildman–Crippen LogP) is -0.819. The molecule has 5 rings (SSSR count). The fraction of sp³-hybridized carbons (Fsp3) is 0.792. The number of aliphatic hydroxyl groups is 1. The topological polar surface area (TPSA) is 78.8 Å². The molecule has 1 saturated heterocycles. The molecule has 4 aliphatic carbocycles. The molecule has 6 heteroatoms. The second-order valence-corrected chi connectivity index (χ2v) is 10.4. The SMILES string of the molecule is C[C@]12CCC3(CC1=CCC1C2CC[C@@]2(C)C1CC[C@@]2(O)C#CC(=O)[O-])OCCO3.[Na+]. The Bertz CT molecular complexity index is 821. The van der Waals surface area contributed by atoms with Crippen molar-refractivity contribution in [3.63, 3.8) is 0 Å². The number of rotatable bonds is 0. The third-order valence-corrected chi connectivity index (χ3v) is 9.45. The number of hydrogen-bond donors (Lipinski definition) is 1. The van der Waals surface area contributed by atoms with Crippen molar-refractivity contribution in [1.82, 2.24) is 0 Å². The summed E-state index contributed by atoms with van der Waals surface area (Å²) in [6.45, 7) is 5.95. The quantitative estimate of drug-likeness (QED) is 0.314. The van der Waals surface area contributed by atoms with E-state index in [0.717, 1.165) is 44.9 Å². The number of fused-ring (bicyclic) bond motifs is 5. The van der Waals surface area contributed by atoms with Crippen LogP contribution in [0.15, 0.2) is 11.6 Å². The Morgan fingerprint density at radius 2 is 1.83 bits per heavy atom. The fourth-order valence-corrected chi connectivity index (χ4v) is 7.72. The molecule has 1 heterocycles. The minimum atomic E-state index is -1.41. The number of ether oxygens (including phenoxy) is 2. The first kappa shape index (κ1) is 22.8. The van der Waals surface area contributed by atoms with E-state index in [4.69, 9.17) is 9.47 Å². The molecule has 0 aromatic carbocycles. The number of carboxylic acids is 1. The van der Waals surface area contributed by atoms with Crippen LogP contribution in [0.1, 0.15) is 65.2 Å². The third-order valence-electron chi connectivity index (χ3n) is 9.45. The Morgan fingerprint density at radius 3 is 2.53 bits per heavy atom. The van der Waals surface area contributed by atoms with Gasteiger partial charge in [-0.2, -0.15) is 0 Å².